The number of hydrogen-bond acceptors (Lipinski definition) is 5. The molecule has 184 valence electrons. The van der Waals surface area contributed by atoms with E-state index >= 15 is 0 Å². The summed E-state index contributed by atoms with van der Waals surface area (Å²) in [6.07, 6.45) is 9.03. The molecule has 0 radical (unpaired) electrons. The lowest BCUT2D eigenvalue weighted by Gasteiger charge is -2.30. The summed E-state index contributed by atoms with van der Waals surface area (Å²) in [5.74, 6) is -1.02. The van der Waals surface area contributed by atoms with E-state index in [2.05, 4.69) is 0 Å². The fraction of sp³-hybridized carbons (Fsp3) is 0.593. The summed E-state index contributed by atoms with van der Waals surface area (Å²) < 4.78 is 5.72. The average molecular weight is 469 g/mol. The molecule has 0 spiro atoms. The van der Waals surface area contributed by atoms with Crippen LogP contribution in [0, 0.1) is 11.8 Å². The Labute approximate surface area is 201 Å². The monoisotopic (exact) mass is 468 g/mol. The summed E-state index contributed by atoms with van der Waals surface area (Å²) in [6.45, 7) is 1.45. The highest BCUT2D eigenvalue weighted by Gasteiger charge is 2.37. The molecule has 1 aromatic carbocycles. The normalized spacial score (nSPS) is 28.3. The van der Waals surface area contributed by atoms with E-state index in [1.807, 2.05) is 47.4 Å². The molecule has 0 unspecified atom stereocenters. The van der Waals surface area contributed by atoms with Crippen LogP contribution in [0.25, 0.3) is 0 Å². The Hall–Kier alpha value is -2.67. The van der Waals surface area contributed by atoms with Crippen LogP contribution in [-0.2, 0) is 25.5 Å². The average Bonchev–Trinajstić information content (AvgIpc) is 3.52. The summed E-state index contributed by atoms with van der Waals surface area (Å²) in [6, 6.07) is 9.66. The third kappa shape index (κ3) is 5.87. The molecule has 2 amide bonds. The molecule has 7 heteroatoms. The van der Waals surface area contributed by atoms with Gasteiger partial charge in [0.05, 0.1) is 30.5 Å². The first-order valence-corrected chi connectivity index (χ1v) is 12.6. The van der Waals surface area contributed by atoms with Crippen LogP contribution in [0.1, 0.15) is 50.5 Å². The third-order valence-electron chi connectivity index (χ3n) is 7.42. The summed E-state index contributed by atoms with van der Waals surface area (Å²) in [5.41, 5.74) is 1.09. The molecule has 7 nitrogen and oxygen atoms in total. The minimum atomic E-state index is -0.438. The van der Waals surface area contributed by atoms with Crippen LogP contribution in [0.3, 0.4) is 0 Å². The molecular weight excluding hydrogens is 432 g/mol. The Balaban J connectivity index is 1.49. The number of benzene rings is 1. The predicted molar refractivity (Wildman–Crippen MR) is 128 cm³/mol. The maximum absolute atomic E-state index is 13.5. The van der Waals surface area contributed by atoms with Gasteiger partial charge in [-0.15, -0.1) is 0 Å². The standard InChI is InChI=1S/C27H36N2O5/c30-18-23-12-6-14-28(23)25(31)17-21-10-4-5-11-22(16-20-8-2-1-3-9-20)27(33)34-19-24-13-7-15-29(24)26(21)32/h1-5,8-9,21-24,30H,6-7,10-19H2/t21-,22-,23+,24+/m1/s1. The van der Waals surface area contributed by atoms with E-state index in [1.54, 1.807) is 4.90 Å². The van der Waals surface area contributed by atoms with Gasteiger partial charge in [-0.2, -0.15) is 0 Å². The van der Waals surface area contributed by atoms with E-state index in [0.717, 1.165) is 31.2 Å². The summed E-state index contributed by atoms with van der Waals surface area (Å²) in [4.78, 5) is 43.0. The molecular formula is C27H36N2O5. The van der Waals surface area contributed by atoms with E-state index in [9.17, 15) is 19.5 Å². The van der Waals surface area contributed by atoms with Gasteiger partial charge in [-0.05, 0) is 50.5 Å². The van der Waals surface area contributed by atoms with E-state index in [0.29, 0.717) is 32.4 Å². The fourth-order valence-corrected chi connectivity index (χ4v) is 5.47. The number of likely N-dealkylation sites (tertiary alicyclic amines) is 1. The number of cyclic esters (lactones) is 1. The van der Waals surface area contributed by atoms with Crippen LogP contribution in [-0.4, -0.2) is 71.1 Å². The smallest absolute Gasteiger partial charge is 0.309 e. The second kappa shape index (κ2) is 11.6. The van der Waals surface area contributed by atoms with Crippen LogP contribution in [0.2, 0.25) is 0 Å². The second-order valence-corrected chi connectivity index (χ2v) is 9.75. The summed E-state index contributed by atoms with van der Waals surface area (Å²) >= 11 is 0. The van der Waals surface area contributed by atoms with Crippen molar-refractivity contribution in [1.29, 1.82) is 0 Å². The van der Waals surface area contributed by atoms with Crippen LogP contribution in [0.4, 0.5) is 0 Å². The van der Waals surface area contributed by atoms with Crippen molar-refractivity contribution in [1.82, 2.24) is 9.80 Å². The first kappa shape index (κ1) is 24.5. The summed E-state index contributed by atoms with van der Waals surface area (Å²) in [7, 11) is 0. The molecule has 0 saturated carbocycles. The van der Waals surface area contributed by atoms with Gasteiger partial charge in [-0.1, -0.05) is 42.5 Å². The molecule has 2 saturated heterocycles. The van der Waals surface area contributed by atoms with Crippen molar-refractivity contribution in [3.8, 4) is 0 Å². The maximum atomic E-state index is 13.5. The number of carbonyl (C=O) groups is 3. The number of aliphatic hydroxyl groups is 1. The topological polar surface area (TPSA) is 87.2 Å². The fourth-order valence-electron chi connectivity index (χ4n) is 5.47. The molecule has 0 aliphatic carbocycles. The minimum absolute atomic E-state index is 0.0299. The zero-order chi connectivity index (χ0) is 23.9. The van der Waals surface area contributed by atoms with Gasteiger partial charge in [-0.25, -0.2) is 0 Å². The number of carbonyl (C=O) groups excluding carboxylic acids is 3. The Morgan fingerprint density at radius 3 is 2.50 bits per heavy atom. The number of esters is 1. The zero-order valence-electron chi connectivity index (χ0n) is 19.8. The molecule has 2 fully saturated rings. The first-order valence-electron chi connectivity index (χ1n) is 12.6. The highest BCUT2D eigenvalue weighted by atomic mass is 16.5. The Morgan fingerprint density at radius 2 is 1.74 bits per heavy atom. The molecule has 1 N–H and O–H groups in total. The van der Waals surface area contributed by atoms with Gasteiger partial charge < -0.3 is 19.6 Å². The van der Waals surface area contributed by atoms with E-state index in [1.165, 1.54) is 0 Å². The molecule has 3 heterocycles. The molecule has 4 atom stereocenters. The quantitative estimate of drug-likeness (QED) is 0.530. The van der Waals surface area contributed by atoms with Crippen molar-refractivity contribution in [3.05, 3.63) is 48.0 Å². The minimum Gasteiger partial charge on any atom is -0.463 e. The molecule has 3 aliphatic rings. The Bertz CT molecular complexity index is 886. The summed E-state index contributed by atoms with van der Waals surface area (Å²) in [5, 5.41) is 9.61. The van der Waals surface area contributed by atoms with Crippen molar-refractivity contribution >= 4 is 17.8 Å². The van der Waals surface area contributed by atoms with Crippen molar-refractivity contribution < 1.29 is 24.2 Å². The highest BCUT2D eigenvalue weighted by molar-refractivity contribution is 5.86. The van der Waals surface area contributed by atoms with E-state index < -0.39 is 5.92 Å². The number of aliphatic hydroxyl groups excluding tert-OH is 1. The Kier molecular flexibility index (Phi) is 8.38. The van der Waals surface area contributed by atoms with Gasteiger partial charge in [0.2, 0.25) is 11.8 Å². The first-order chi connectivity index (χ1) is 16.6. The number of fused-ring (bicyclic) bond motifs is 1. The third-order valence-corrected chi connectivity index (χ3v) is 7.42. The lowest BCUT2D eigenvalue weighted by Crippen LogP contribution is -2.45. The van der Waals surface area contributed by atoms with E-state index in [-0.39, 0.29) is 55.4 Å². The van der Waals surface area contributed by atoms with Crippen LogP contribution in [0.5, 0.6) is 0 Å². The Morgan fingerprint density at radius 1 is 1.00 bits per heavy atom. The number of allylic oxidation sites excluding steroid dienone is 2. The number of hydrogen-bond donors (Lipinski definition) is 1. The lowest BCUT2D eigenvalue weighted by atomic mass is 9.94. The van der Waals surface area contributed by atoms with Gasteiger partial charge in [-0.3, -0.25) is 14.4 Å². The maximum Gasteiger partial charge on any atom is 0.309 e. The van der Waals surface area contributed by atoms with Gasteiger partial charge in [0.25, 0.3) is 0 Å². The van der Waals surface area contributed by atoms with Crippen molar-refractivity contribution in [2.24, 2.45) is 11.8 Å². The number of amides is 2. The molecule has 1 aromatic rings. The largest absolute Gasteiger partial charge is 0.463 e. The van der Waals surface area contributed by atoms with Gasteiger partial charge in [0.1, 0.15) is 6.61 Å². The van der Waals surface area contributed by atoms with Gasteiger partial charge >= 0.3 is 5.97 Å². The van der Waals surface area contributed by atoms with Crippen molar-refractivity contribution in [3.63, 3.8) is 0 Å². The van der Waals surface area contributed by atoms with Crippen LogP contribution >= 0.6 is 0 Å². The predicted octanol–water partition coefficient (Wildman–Crippen LogP) is 2.72. The zero-order valence-corrected chi connectivity index (χ0v) is 19.8. The molecule has 34 heavy (non-hydrogen) atoms. The molecule has 0 aromatic heterocycles. The second-order valence-electron chi connectivity index (χ2n) is 9.75. The lowest BCUT2D eigenvalue weighted by molar-refractivity contribution is -0.152. The highest BCUT2D eigenvalue weighted by Crippen LogP contribution is 2.27. The number of nitrogens with zero attached hydrogens (tertiary/aromatic N) is 2. The van der Waals surface area contributed by atoms with Crippen molar-refractivity contribution in [2.75, 3.05) is 26.3 Å². The SMILES string of the molecule is O=C1OC[C@@H]2CCCN2C(=O)[C@@H](CC(=O)N2CCC[C@H]2CO)CC=CC[C@@H]1Cc1ccccc1. The molecule has 0 bridgehead atoms. The number of rotatable bonds is 5. The van der Waals surface area contributed by atoms with Crippen LogP contribution < -0.4 is 0 Å². The molecule has 3 aliphatic heterocycles. The van der Waals surface area contributed by atoms with Crippen molar-refractivity contribution in [2.45, 2.75) is 63.5 Å². The van der Waals surface area contributed by atoms with Gasteiger partial charge in [0.15, 0.2) is 0 Å². The number of ether oxygens (including phenoxy) is 1. The van der Waals surface area contributed by atoms with Crippen LogP contribution in [0.15, 0.2) is 42.5 Å². The van der Waals surface area contributed by atoms with Gasteiger partial charge in [0, 0.05) is 19.5 Å². The molecule has 4 rings (SSSR count). The van der Waals surface area contributed by atoms with E-state index in [4.69, 9.17) is 4.74 Å².